The second kappa shape index (κ2) is 8.99. The van der Waals surface area contributed by atoms with Gasteiger partial charge in [0, 0.05) is 87.3 Å². The Morgan fingerprint density at radius 2 is 0.639 bits per heavy atom. The van der Waals surface area contributed by atoms with E-state index in [9.17, 15) is 0 Å². The molecule has 36 heavy (non-hydrogen) atoms. The minimum Gasteiger partial charge on any atom is -0.367 e. The molecule has 7 rings (SSSR count). The molecule has 0 atom stereocenters. The van der Waals surface area contributed by atoms with Gasteiger partial charge in [-0.15, -0.1) is 0 Å². The molecule has 0 aliphatic rings. The van der Waals surface area contributed by atoms with Gasteiger partial charge in [0.25, 0.3) is 0 Å². The number of thiophene rings is 3. The van der Waals surface area contributed by atoms with Gasteiger partial charge in [-0.1, -0.05) is 0 Å². The van der Waals surface area contributed by atoms with Crippen LogP contribution in [0.25, 0.3) is 66.8 Å². The van der Waals surface area contributed by atoms with E-state index in [1.54, 1.807) is 34.0 Å². The van der Waals surface area contributed by atoms with E-state index in [-0.39, 0.29) is 0 Å². The summed E-state index contributed by atoms with van der Waals surface area (Å²) >= 11 is 5.25. The quantitative estimate of drug-likeness (QED) is 0.196. The van der Waals surface area contributed by atoms with Crippen molar-refractivity contribution in [3.8, 4) is 66.8 Å². The molecule has 6 heterocycles. The number of rotatable bonds is 6. The number of aromatic amines is 3. The van der Waals surface area contributed by atoms with Crippen LogP contribution in [-0.4, -0.2) is 15.0 Å². The predicted molar refractivity (Wildman–Crippen MR) is 156 cm³/mol. The SMILES string of the molecule is c1cc(-c2cscc2-c2cc(-c3cscc3-c3cc[nH]c3)cc(-c3cscc3-c3cc[nH]c3)c2)c[nH]1. The van der Waals surface area contributed by atoms with Gasteiger partial charge >= 0.3 is 0 Å². The van der Waals surface area contributed by atoms with Crippen LogP contribution < -0.4 is 0 Å². The van der Waals surface area contributed by atoms with E-state index in [4.69, 9.17) is 0 Å². The third kappa shape index (κ3) is 3.71. The standard InChI is InChI=1S/C30H21N3S3/c1-4-31-10-19(1)25-13-34-16-28(25)22-7-23(29-17-35-14-26(29)20-2-5-32-11-20)9-24(8-22)30-18-36-15-27(30)21-3-6-33-12-21/h1-18,31-33H. The number of H-pyrrole nitrogens is 3. The first-order valence-corrected chi connectivity index (χ1v) is 14.4. The molecular formula is C30H21N3S3. The van der Waals surface area contributed by atoms with Crippen LogP contribution >= 0.6 is 34.0 Å². The van der Waals surface area contributed by atoms with E-state index in [0.717, 1.165) is 0 Å². The van der Waals surface area contributed by atoms with Crippen LogP contribution in [0.2, 0.25) is 0 Å². The summed E-state index contributed by atoms with van der Waals surface area (Å²) in [6.45, 7) is 0. The number of aromatic nitrogens is 3. The first kappa shape index (κ1) is 21.4. The maximum Gasteiger partial charge on any atom is 0.00846 e. The highest BCUT2D eigenvalue weighted by Crippen LogP contribution is 2.44. The van der Waals surface area contributed by atoms with Crippen LogP contribution in [-0.2, 0) is 0 Å². The summed E-state index contributed by atoms with van der Waals surface area (Å²) in [6, 6.07) is 13.5. The highest BCUT2D eigenvalue weighted by molar-refractivity contribution is 7.09. The lowest BCUT2D eigenvalue weighted by atomic mass is 9.90. The molecule has 3 N–H and O–H groups in total. The Kier molecular flexibility index (Phi) is 5.35. The van der Waals surface area contributed by atoms with Gasteiger partial charge in [-0.05, 0) is 85.4 Å². The summed E-state index contributed by atoms with van der Waals surface area (Å²) in [5.74, 6) is 0. The number of benzene rings is 1. The zero-order valence-electron chi connectivity index (χ0n) is 19.1. The van der Waals surface area contributed by atoms with Gasteiger partial charge in [0.1, 0.15) is 0 Å². The Morgan fingerprint density at radius 1 is 0.361 bits per heavy atom. The molecule has 3 nitrogen and oxygen atoms in total. The molecule has 0 aliphatic heterocycles. The van der Waals surface area contributed by atoms with Gasteiger partial charge in [0.05, 0.1) is 0 Å². The van der Waals surface area contributed by atoms with E-state index in [0.29, 0.717) is 0 Å². The van der Waals surface area contributed by atoms with Crippen LogP contribution in [0, 0.1) is 0 Å². The van der Waals surface area contributed by atoms with Crippen LogP contribution in [0.4, 0.5) is 0 Å². The summed E-state index contributed by atoms with van der Waals surface area (Å²) in [6.07, 6.45) is 12.2. The zero-order chi connectivity index (χ0) is 23.9. The minimum atomic E-state index is 1.21. The number of hydrogen-bond donors (Lipinski definition) is 3. The second-order valence-electron chi connectivity index (χ2n) is 8.70. The van der Waals surface area contributed by atoms with Crippen LogP contribution in [0.1, 0.15) is 0 Å². The normalized spacial score (nSPS) is 11.3. The molecule has 174 valence electrons. The highest BCUT2D eigenvalue weighted by Gasteiger charge is 2.17. The fourth-order valence-electron chi connectivity index (χ4n) is 4.80. The summed E-state index contributed by atoms with van der Waals surface area (Å²) in [5.41, 5.74) is 14.9. The topological polar surface area (TPSA) is 47.4 Å². The van der Waals surface area contributed by atoms with E-state index < -0.39 is 0 Å². The predicted octanol–water partition coefficient (Wildman–Crippen LogP) is 9.86. The summed E-state index contributed by atoms with van der Waals surface area (Å²) in [4.78, 5) is 9.64. The Labute approximate surface area is 220 Å². The van der Waals surface area contributed by atoms with Crippen molar-refractivity contribution >= 4 is 34.0 Å². The van der Waals surface area contributed by atoms with Crippen LogP contribution in [0.15, 0.2) is 106 Å². The summed E-state index contributed by atoms with van der Waals surface area (Å²) in [7, 11) is 0. The van der Waals surface area contributed by atoms with E-state index in [1.165, 1.54) is 66.8 Å². The monoisotopic (exact) mass is 519 g/mol. The average molecular weight is 520 g/mol. The largest absolute Gasteiger partial charge is 0.367 e. The van der Waals surface area contributed by atoms with Gasteiger partial charge < -0.3 is 15.0 Å². The Bertz CT molecular complexity index is 1510. The second-order valence-corrected chi connectivity index (χ2v) is 10.9. The molecule has 7 aromatic rings. The van der Waals surface area contributed by atoms with Gasteiger partial charge in [0.15, 0.2) is 0 Å². The minimum absolute atomic E-state index is 1.21. The van der Waals surface area contributed by atoms with Gasteiger partial charge in [-0.3, -0.25) is 0 Å². The van der Waals surface area contributed by atoms with Crippen molar-refractivity contribution in [1.29, 1.82) is 0 Å². The number of hydrogen-bond acceptors (Lipinski definition) is 3. The van der Waals surface area contributed by atoms with Crippen LogP contribution in [0.3, 0.4) is 0 Å². The lowest BCUT2D eigenvalue weighted by Crippen LogP contribution is -1.87. The third-order valence-corrected chi connectivity index (χ3v) is 8.81. The third-order valence-electron chi connectivity index (χ3n) is 6.58. The molecular weight excluding hydrogens is 499 g/mol. The summed E-state index contributed by atoms with van der Waals surface area (Å²) < 4.78 is 0. The number of nitrogens with one attached hydrogen (secondary N) is 3. The Morgan fingerprint density at radius 3 is 0.889 bits per heavy atom. The summed E-state index contributed by atoms with van der Waals surface area (Å²) in [5, 5.41) is 13.6. The molecule has 0 aliphatic carbocycles. The fraction of sp³-hybridized carbons (Fsp3) is 0. The van der Waals surface area contributed by atoms with Crippen molar-refractivity contribution in [3.63, 3.8) is 0 Å². The van der Waals surface area contributed by atoms with Crippen molar-refractivity contribution in [1.82, 2.24) is 15.0 Å². The Hall–Kier alpha value is -3.84. The van der Waals surface area contributed by atoms with Crippen molar-refractivity contribution in [2.45, 2.75) is 0 Å². The molecule has 0 unspecified atom stereocenters. The molecule has 0 amide bonds. The molecule has 0 bridgehead atoms. The molecule has 6 heteroatoms. The maximum absolute atomic E-state index is 3.21. The van der Waals surface area contributed by atoms with Gasteiger partial charge in [-0.2, -0.15) is 34.0 Å². The molecule has 1 aromatic carbocycles. The Balaban J connectivity index is 1.45. The van der Waals surface area contributed by atoms with Gasteiger partial charge in [0.2, 0.25) is 0 Å². The molecule has 6 aromatic heterocycles. The highest BCUT2D eigenvalue weighted by atomic mass is 32.1. The lowest BCUT2D eigenvalue weighted by molar-refractivity contribution is 1.41. The van der Waals surface area contributed by atoms with E-state index in [2.05, 4.69) is 102 Å². The van der Waals surface area contributed by atoms with Crippen LogP contribution in [0.5, 0.6) is 0 Å². The molecule has 0 fully saturated rings. The van der Waals surface area contributed by atoms with Gasteiger partial charge in [-0.25, -0.2) is 0 Å². The average Bonchev–Trinajstić information content (AvgIpc) is 3.76. The molecule has 0 saturated heterocycles. The van der Waals surface area contributed by atoms with E-state index >= 15 is 0 Å². The molecule has 0 radical (unpaired) electrons. The lowest BCUT2D eigenvalue weighted by Gasteiger charge is -2.13. The zero-order valence-corrected chi connectivity index (χ0v) is 21.6. The fourth-order valence-corrected chi connectivity index (χ4v) is 7.40. The van der Waals surface area contributed by atoms with E-state index in [1.807, 2.05) is 18.6 Å². The van der Waals surface area contributed by atoms with Crippen molar-refractivity contribution in [2.24, 2.45) is 0 Å². The van der Waals surface area contributed by atoms with Crippen molar-refractivity contribution < 1.29 is 0 Å². The first-order valence-electron chi connectivity index (χ1n) is 11.6. The molecule has 0 saturated carbocycles. The molecule has 0 spiro atoms. The van der Waals surface area contributed by atoms with Crippen molar-refractivity contribution in [3.05, 3.63) is 106 Å². The smallest absolute Gasteiger partial charge is 0.00846 e. The first-order chi connectivity index (χ1) is 17.8. The maximum atomic E-state index is 3.21. The van der Waals surface area contributed by atoms with Crippen molar-refractivity contribution in [2.75, 3.05) is 0 Å².